The number of benzene rings is 2. The monoisotopic (exact) mass is 403 g/mol. The molecule has 1 aliphatic rings. The SMILES string of the molecule is O=C(CCc1ccc(C(F)(F)F)c(F)c1)c1cccc2c(=O)n(C3CC3)ccc12. The molecule has 1 fully saturated rings. The van der Waals surface area contributed by atoms with Crippen molar-refractivity contribution in [2.24, 2.45) is 0 Å². The highest BCUT2D eigenvalue weighted by Crippen LogP contribution is 2.34. The van der Waals surface area contributed by atoms with Gasteiger partial charge in [-0.05, 0) is 54.5 Å². The third-order valence-corrected chi connectivity index (χ3v) is 5.19. The zero-order valence-electron chi connectivity index (χ0n) is 15.3. The number of aromatic nitrogens is 1. The number of rotatable bonds is 5. The molecule has 1 saturated carbocycles. The van der Waals surface area contributed by atoms with Gasteiger partial charge in [0.05, 0.1) is 5.56 Å². The quantitative estimate of drug-likeness (QED) is 0.428. The first-order chi connectivity index (χ1) is 13.8. The normalized spacial score (nSPS) is 14.3. The lowest BCUT2D eigenvalue weighted by atomic mass is 9.98. The fraction of sp³-hybridized carbons (Fsp3) is 0.273. The molecule has 3 nitrogen and oxygen atoms in total. The second-order valence-corrected chi connectivity index (χ2v) is 7.26. The number of halogens is 4. The Hall–Kier alpha value is -2.96. The van der Waals surface area contributed by atoms with E-state index in [0.717, 1.165) is 18.9 Å². The zero-order chi connectivity index (χ0) is 20.8. The topological polar surface area (TPSA) is 39.1 Å². The Kier molecular flexibility index (Phi) is 4.76. The first kappa shape index (κ1) is 19.4. The van der Waals surface area contributed by atoms with Gasteiger partial charge in [-0.25, -0.2) is 4.39 Å². The molecule has 1 aliphatic carbocycles. The Bertz CT molecular complexity index is 1160. The summed E-state index contributed by atoms with van der Waals surface area (Å²) in [5, 5.41) is 1.02. The van der Waals surface area contributed by atoms with Crippen LogP contribution in [0.3, 0.4) is 0 Å². The van der Waals surface area contributed by atoms with E-state index in [0.29, 0.717) is 28.0 Å². The average molecular weight is 403 g/mol. The van der Waals surface area contributed by atoms with Gasteiger partial charge in [-0.15, -0.1) is 0 Å². The maximum absolute atomic E-state index is 13.7. The van der Waals surface area contributed by atoms with E-state index in [-0.39, 0.29) is 30.2 Å². The minimum atomic E-state index is -4.76. The summed E-state index contributed by atoms with van der Waals surface area (Å²) >= 11 is 0. The van der Waals surface area contributed by atoms with Crippen LogP contribution < -0.4 is 5.56 Å². The van der Waals surface area contributed by atoms with E-state index in [2.05, 4.69) is 0 Å². The predicted octanol–water partition coefficient (Wildman–Crippen LogP) is 5.31. The third kappa shape index (κ3) is 3.81. The fourth-order valence-corrected chi connectivity index (χ4v) is 3.51. The molecule has 1 aromatic heterocycles. The molecule has 0 saturated heterocycles. The van der Waals surface area contributed by atoms with E-state index in [9.17, 15) is 27.2 Å². The van der Waals surface area contributed by atoms with Crippen LogP contribution in [0, 0.1) is 5.82 Å². The van der Waals surface area contributed by atoms with E-state index >= 15 is 0 Å². The summed E-state index contributed by atoms with van der Waals surface area (Å²) in [4.78, 5) is 25.3. The van der Waals surface area contributed by atoms with Crippen LogP contribution in [-0.2, 0) is 12.6 Å². The molecule has 150 valence electrons. The molecule has 0 spiro atoms. The second-order valence-electron chi connectivity index (χ2n) is 7.26. The number of Topliss-reactive ketones (excluding diaryl/α,β-unsaturated/α-hetero) is 1. The van der Waals surface area contributed by atoms with Crippen molar-refractivity contribution in [1.82, 2.24) is 4.57 Å². The number of fused-ring (bicyclic) bond motifs is 1. The Labute approximate surface area is 163 Å². The zero-order valence-corrected chi connectivity index (χ0v) is 15.3. The van der Waals surface area contributed by atoms with Crippen molar-refractivity contribution >= 4 is 16.6 Å². The van der Waals surface area contributed by atoms with Crippen LogP contribution in [0.2, 0.25) is 0 Å². The molecule has 4 rings (SSSR count). The van der Waals surface area contributed by atoms with Crippen molar-refractivity contribution in [3.8, 4) is 0 Å². The molecule has 29 heavy (non-hydrogen) atoms. The maximum atomic E-state index is 13.7. The molecule has 3 aromatic rings. The van der Waals surface area contributed by atoms with Crippen LogP contribution in [0.1, 0.15) is 46.8 Å². The van der Waals surface area contributed by atoms with E-state index in [1.54, 1.807) is 35.0 Å². The van der Waals surface area contributed by atoms with Gasteiger partial charge in [0.2, 0.25) is 0 Å². The lowest BCUT2D eigenvalue weighted by Gasteiger charge is -2.10. The first-order valence-corrected chi connectivity index (χ1v) is 9.28. The minimum Gasteiger partial charge on any atom is -0.312 e. The number of hydrogen-bond acceptors (Lipinski definition) is 2. The van der Waals surface area contributed by atoms with E-state index in [4.69, 9.17) is 0 Å². The molecule has 0 radical (unpaired) electrons. The average Bonchev–Trinajstić information content (AvgIpc) is 3.50. The smallest absolute Gasteiger partial charge is 0.312 e. The van der Waals surface area contributed by atoms with Crippen LogP contribution in [0.15, 0.2) is 53.5 Å². The summed E-state index contributed by atoms with van der Waals surface area (Å²) in [7, 11) is 0. The molecular weight excluding hydrogens is 386 g/mol. The van der Waals surface area contributed by atoms with Crippen molar-refractivity contribution in [2.45, 2.75) is 37.9 Å². The minimum absolute atomic E-state index is 0.00434. The second kappa shape index (κ2) is 7.13. The standard InChI is InChI=1S/C22H17F4NO2/c23-19-12-13(4-8-18(19)22(24,25)26)5-9-20(28)16-2-1-3-17-15(16)10-11-27(21(17)29)14-6-7-14/h1-4,8,10-12,14H,5-7,9H2. The summed E-state index contributed by atoms with van der Waals surface area (Å²) in [6.07, 6.45) is -1.03. The van der Waals surface area contributed by atoms with Gasteiger partial charge in [-0.2, -0.15) is 13.2 Å². The van der Waals surface area contributed by atoms with Gasteiger partial charge in [-0.3, -0.25) is 9.59 Å². The van der Waals surface area contributed by atoms with Crippen molar-refractivity contribution in [3.05, 3.63) is 81.5 Å². The number of hydrogen-bond donors (Lipinski definition) is 0. The largest absolute Gasteiger partial charge is 0.419 e. The highest BCUT2D eigenvalue weighted by atomic mass is 19.4. The molecule has 0 amide bonds. The Morgan fingerprint density at radius 1 is 1.07 bits per heavy atom. The summed E-state index contributed by atoms with van der Waals surface area (Å²) in [5.41, 5.74) is -0.770. The molecule has 2 aromatic carbocycles. The van der Waals surface area contributed by atoms with Crippen LogP contribution in [0.4, 0.5) is 17.6 Å². The number of alkyl halides is 3. The van der Waals surface area contributed by atoms with Crippen LogP contribution in [-0.4, -0.2) is 10.4 Å². The molecule has 1 heterocycles. The molecule has 0 bridgehead atoms. The van der Waals surface area contributed by atoms with Gasteiger partial charge in [0.15, 0.2) is 5.78 Å². The van der Waals surface area contributed by atoms with Crippen LogP contribution >= 0.6 is 0 Å². The molecule has 0 unspecified atom stereocenters. The lowest BCUT2D eigenvalue weighted by molar-refractivity contribution is -0.140. The molecule has 7 heteroatoms. The molecule has 0 N–H and O–H groups in total. The first-order valence-electron chi connectivity index (χ1n) is 9.28. The van der Waals surface area contributed by atoms with Gasteiger partial charge in [0.25, 0.3) is 5.56 Å². The van der Waals surface area contributed by atoms with Gasteiger partial charge in [0, 0.05) is 29.6 Å². The van der Waals surface area contributed by atoms with E-state index in [1.807, 2.05) is 0 Å². The highest BCUT2D eigenvalue weighted by Gasteiger charge is 2.33. The molecule has 0 aliphatic heterocycles. The number of carbonyl (C=O) groups excluding carboxylic acids is 1. The van der Waals surface area contributed by atoms with Crippen LogP contribution in [0.25, 0.3) is 10.8 Å². The number of carbonyl (C=O) groups is 1. The Balaban J connectivity index is 1.56. The fourth-order valence-electron chi connectivity index (χ4n) is 3.51. The lowest BCUT2D eigenvalue weighted by Crippen LogP contribution is -2.19. The molecular formula is C22H17F4NO2. The van der Waals surface area contributed by atoms with Crippen molar-refractivity contribution in [2.75, 3.05) is 0 Å². The summed E-state index contributed by atoms with van der Waals surface area (Å²) in [5.74, 6) is -1.60. The van der Waals surface area contributed by atoms with E-state index < -0.39 is 17.6 Å². The number of ketones is 1. The Morgan fingerprint density at radius 2 is 1.83 bits per heavy atom. The molecule has 0 atom stereocenters. The van der Waals surface area contributed by atoms with Crippen molar-refractivity contribution in [3.63, 3.8) is 0 Å². The summed E-state index contributed by atoms with van der Waals surface area (Å²) in [6.45, 7) is 0. The van der Waals surface area contributed by atoms with E-state index in [1.165, 1.54) is 6.07 Å². The van der Waals surface area contributed by atoms with Gasteiger partial charge in [0.1, 0.15) is 5.82 Å². The van der Waals surface area contributed by atoms with Crippen molar-refractivity contribution < 1.29 is 22.4 Å². The highest BCUT2D eigenvalue weighted by molar-refractivity contribution is 6.07. The summed E-state index contributed by atoms with van der Waals surface area (Å²) in [6, 6.07) is 9.60. The maximum Gasteiger partial charge on any atom is 0.419 e. The van der Waals surface area contributed by atoms with Gasteiger partial charge >= 0.3 is 6.18 Å². The number of nitrogens with zero attached hydrogens (tertiary/aromatic N) is 1. The van der Waals surface area contributed by atoms with Crippen LogP contribution in [0.5, 0.6) is 0 Å². The third-order valence-electron chi connectivity index (χ3n) is 5.19. The van der Waals surface area contributed by atoms with Gasteiger partial charge in [-0.1, -0.05) is 18.2 Å². The summed E-state index contributed by atoms with van der Waals surface area (Å²) < 4.78 is 53.4. The Morgan fingerprint density at radius 3 is 2.48 bits per heavy atom. The van der Waals surface area contributed by atoms with Crippen molar-refractivity contribution in [1.29, 1.82) is 0 Å². The number of pyridine rings is 1. The predicted molar refractivity (Wildman–Crippen MR) is 101 cm³/mol. The van der Waals surface area contributed by atoms with Gasteiger partial charge < -0.3 is 4.57 Å². The number of aryl methyl sites for hydroxylation is 1.